The first-order valence-corrected chi connectivity index (χ1v) is 13.3. The number of hydrogen-bond donors (Lipinski definition) is 0. The predicted octanol–water partition coefficient (Wildman–Crippen LogP) is 9.69. The summed E-state index contributed by atoms with van der Waals surface area (Å²) in [6.45, 7) is 22.8. The topological polar surface area (TPSA) is 9.23 Å². The Labute approximate surface area is 195 Å². The van der Waals surface area contributed by atoms with Gasteiger partial charge in [0.2, 0.25) is 0 Å². The molecule has 180 valence electrons. The van der Waals surface area contributed by atoms with Crippen LogP contribution >= 0.6 is 0 Å². The van der Waals surface area contributed by atoms with Crippen LogP contribution in [0.25, 0.3) is 0 Å². The van der Waals surface area contributed by atoms with Gasteiger partial charge in [0.05, 0.1) is 6.10 Å². The van der Waals surface area contributed by atoms with E-state index in [4.69, 9.17) is 4.74 Å². The number of ether oxygens (including phenoxy) is 1. The van der Waals surface area contributed by atoms with Crippen molar-refractivity contribution in [2.45, 2.75) is 140 Å². The smallest absolute Gasteiger partial charge is 0.126 e. The molecule has 0 saturated carbocycles. The highest BCUT2D eigenvalue weighted by Crippen LogP contribution is 2.37. The number of benzene rings is 1. The second-order valence-electron chi connectivity index (χ2n) is 11.0. The molecule has 1 aliphatic rings. The summed E-state index contributed by atoms with van der Waals surface area (Å²) in [7, 11) is 0. The Balaban J connectivity index is 0.000000310. The zero-order valence-corrected chi connectivity index (χ0v) is 22.8. The molecule has 0 amide bonds. The Hall–Kier alpha value is -0.980. The highest BCUT2D eigenvalue weighted by molar-refractivity contribution is 5.54. The molecule has 1 heteroatoms. The molecule has 0 aliphatic carbocycles. The van der Waals surface area contributed by atoms with Crippen molar-refractivity contribution in [3.05, 3.63) is 27.8 Å². The van der Waals surface area contributed by atoms with Crippen LogP contribution < -0.4 is 4.74 Å². The molecular formula is C30H54O. The SMILES string of the molecule is CCCC(C)CCCC(C)CCCC(C)C.Cc1c(C)c(C)c2c(c1C)CC[C@H](C)O2. The van der Waals surface area contributed by atoms with Gasteiger partial charge in [-0.2, -0.15) is 0 Å². The molecule has 0 fully saturated rings. The maximum Gasteiger partial charge on any atom is 0.126 e. The maximum atomic E-state index is 5.98. The van der Waals surface area contributed by atoms with Crippen LogP contribution in [0.4, 0.5) is 0 Å². The van der Waals surface area contributed by atoms with Crippen LogP contribution in [0.15, 0.2) is 0 Å². The second-order valence-corrected chi connectivity index (χ2v) is 11.0. The van der Waals surface area contributed by atoms with Crippen molar-refractivity contribution in [3.8, 4) is 5.75 Å². The van der Waals surface area contributed by atoms with Gasteiger partial charge in [-0.25, -0.2) is 0 Å². The van der Waals surface area contributed by atoms with E-state index < -0.39 is 0 Å². The normalized spacial score (nSPS) is 17.5. The molecule has 1 heterocycles. The first-order chi connectivity index (χ1) is 14.6. The minimum Gasteiger partial charge on any atom is -0.490 e. The second kappa shape index (κ2) is 14.2. The molecule has 2 unspecified atom stereocenters. The average Bonchev–Trinajstić information content (AvgIpc) is 2.71. The highest BCUT2D eigenvalue weighted by atomic mass is 16.5. The summed E-state index contributed by atoms with van der Waals surface area (Å²) >= 11 is 0. The summed E-state index contributed by atoms with van der Waals surface area (Å²) in [5.41, 5.74) is 7.03. The van der Waals surface area contributed by atoms with E-state index in [9.17, 15) is 0 Å². The van der Waals surface area contributed by atoms with Crippen molar-refractivity contribution in [1.29, 1.82) is 0 Å². The molecule has 0 spiro atoms. The summed E-state index contributed by atoms with van der Waals surface area (Å²) in [4.78, 5) is 0. The molecule has 1 nitrogen and oxygen atoms in total. The van der Waals surface area contributed by atoms with Crippen LogP contribution in [0, 0.1) is 45.4 Å². The van der Waals surface area contributed by atoms with Crippen LogP contribution in [0.5, 0.6) is 5.75 Å². The van der Waals surface area contributed by atoms with E-state index in [0.717, 1.165) is 29.9 Å². The lowest BCUT2D eigenvalue weighted by molar-refractivity contribution is 0.190. The van der Waals surface area contributed by atoms with Crippen LogP contribution in [0.1, 0.15) is 127 Å². The van der Waals surface area contributed by atoms with E-state index in [1.807, 2.05) is 0 Å². The third kappa shape index (κ3) is 9.58. The molecule has 3 atom stereocenters. The molecule has 0 radical (unpaired) electrons. The van der Waals surface area contributed by atoms with Gasteiger partial charge >= 0.3 is 0 Å². The van der Waals surface area contributed by atoms with Crippen LogP contribution in [0.2, 0.25) is 0 Å². The summed E-state index contributed by atoms with van der Waals surface area (Å²) in [5, 5.41) is 0. The fraction of sp³-hybridized carbons (Fsp3) is 0.800. The minimum absolute atomic E-state index is 0.373. The first-order valence-electron chi connectivity index (χ1n) is 13.3. The number of fused-ring (bicyclic) bond motifs is 1. The lowest BCUT2D eigenvalue weighted by atomic mass is 9.89. The van der Waals surface area contributed by atoms with Crippen LogP contribution in [-0.4, -0.2) is 6.10 Å². The molecular weight excluding hydrogens is 376 g/mol. The van der Waals surface area contributed by atoms with E-state index in [1.165, 1.54) is 85.6 Å². The van der Waals surface area contributed by atoms with E-state index >= 15 is 0 Å². The minimum atomic E-state index is 0.373. The van der Waals surface area contributed by atoms with E-state index in [1.54, 1.807) is 0 Å². The van der Waals surface area contributed by atoms with E-state index in [0.29, 0.717) is 6.10 Å². The Kier molecular flexibility index (Phi) is 12.9. The predicted molar refractivity (Wildman–Crippen MR) is 140 cm³/mol. The van der Waals surface area contributed by atoms with Gasteiger partial charge in [-0.3, -0.25) is 0 Å². The van der Waals surface area contributed by atoms with Crippen molar-refractivity contribution in [1.82, 2.24) is 0 Å². The zero-order valence-electron chi connectivity index (χ0n) is 22.8. The number of hydrogen-bond acceptors (Lipinski definition) is 1. The fourth-order valence-corrected chi connectivity index (χ4v) is 4.89. The molecule has 0 bridgehead atoms. The monoisotopic (exact) mass is 430 g/mol. The summed E-state index contributed by atoms with van der Waals surface area (Å²) in [6.07, 6.45) is 14.1. The highest BCUT2D eigenvalue weighted by Gasteiger charge is 2.22. The molecule has 2 rings (SSSR count). The van der Waals surface area contributed by atoms with Gasteiger partial charge in [0.15, 0.2) is 0 Å². The lowest BCUT2D eigenvalue weighted by Crippen LogP contribution is -2.21. The Bertz CT molecular complexity index is 643. The summed E-state index contributed by atoms with van der Waals surface area (Å²) in [6, 6.07) is 0. The molecule has 1 aromatic carbocycles. The standard InChI is InChI=1S/C16H34.C14H20O/c1-6-9-15(4)12-8-13-16(5)11-7-10-14(2)3;1-8-6-7-13-11(4)9(2)10(3)12(5)14(13)15-8/h14-16H,6-13H2,1-5H3;8H,6-7H2,1-5H3/t;8-/m.0/s1. The van der Waals surface area contributed by atoms with Crippen LogP contribution in [-0.2, 0) is 6.42 Å². The first kappa shape index (κ1) is 28.1. The molecule has 0 N–H and O–H groups in total. The van der Waals surface area contributed by atoms with Gasteiger partial charge in [0.25, 0.3) is 0 Å². The molecule has 1 aromatic rings. The zero-order chi connectivity index (χ0) is 23.6. The Morgan fingerprint density at radius 2 is 1.26 bits per heavy atom. The van der Waals surface area contributed by atoms with Gasteiger partial charge in [-0.15, -0.1) is 0 Å². The average molecular weight is 431 g/mol. The van der Waals surface area contributed by atoms with Gasteiger partial charge in [0, 0.05) is 0 Å². The molecule has 1 aliphatic heterocycles. The lowest BCUT2D eigenvalue weighted by Gasteiger charge is -2.28. The third-order valence-electron chi connectivity index (χ3n) is 7.53. The van der Waals surface area contributed by atoms with E-state index in [2.05, 4.69) is 69.2 Å². The van der Waals surface area contributed by atoms with E-state index in [-0.39, 0.29) is 0 Å². The van der Waals surface area contributed by atoms with Crippen molar-refractivity contribution in [3.63, 3.8) is 0 Å². The fourth-order valence-electron chi connectivity index (χ4n) is 4.89. The quantitative estimate of drug-likeness (QED) is 0.359. The largest absolute Gasteiger partial charge is 0.490 e. The van der Waals surface area contributed by atoms with Gasteiger partial charge in [0.1, 0.15) is 5.75 Å². The summed E-state index contributed by atoms with van der Waals surface area (Å²) in [5.74, 6) is 3.95. The Morgan fingerprint density at radius 3 is 1.81 bits per heavy atom. The van der Waals surface area contributed by atoms with Crippen molar-refractivity contribution in [2.75, 3.05) is 0 Å². The molecule has 0 aromatic heterocycles. The molecule has 0 saturated heterocycles. The van der Waals surface area contributed by atoms with Crippen molar-refractivity contribution < 1.29 is 4.74 Å². The van der Waals surface area contributed by atoms with Gasteiger partial charge in [-0.1, -0.05) is 86.0 Å². The van der Waals surface area contributed by atoms with Crippen molar-refractivity contribution >= 4 is 0 Å². The maximum absolute atomic E-state index is 5.98. The van der Waals surface area contributed by atoms with Crippen molar-refractivity contribution in [2.24, 2.45) is 17.8 Å². The van der Waals surface area contributed by atoms with Gasteiger partial charge in [-0.05, 0) is 93.0 Å². The number of rotatable bonds is 10. The third-order valence-corrected chi connectivity index (χ3v) is 7.53. The summed E-state index contributed by atoms with van der Waals surface area (Å²) < 4.78 is 5.98. The van der Waals surface area contributed by atoms with Gasteiger partial charge < -0.3 is 4.74 Å². The molecule has 31 heavy (non-hydrogen) atoms. The van der Waals surface area contributed by atoms with Crippen LogP contribution in [0.3, 0.4) is 0 Å². The Morgan fingerprint density at radius 1 is 0.742 bits per heavy atom.